The van der Waals surface area contributed by atoms with Crippen LogP contribution in [0.25, 0.3) is 0 Å². The summed E-state index contributed by atoms with van der Waals surface area (Å²) in [5.74, 6) is -0.511. The van der Waals surface area contributed by atoms with E-state index in [1.807, 2.05) is 0 Å². The number of carbonyl (C=O) groups is 2. The molecular formula is C15H17N3O7. The summed E-state index contributed by atoms with van der Waals surface area (Å²) in [6.45, 7) is 0.298. The number of hydrogen-bond donors (Lipinski definition) is 1. The van der Waals surface area contributed by atoms with Gasteiger partial charge in [-0.3, -0.25) is 14.3 Å². The Labute approximate surface area is 142 Å². The number of rotatable bonds is 3. The Balaban J connectivity index is 1.61. The molecule has 3 heterocycles. The minimum Gasteiger partial charge on any atom is -0.451 e. The number of carbonyl (C=O) groups excluding carboxylic acids is 2. The largest absolute Gasteiger partial charge is 0.510 e. The molecule has 10 heteroatoms. The Bertz CT molecular complexity index is 786. The first-order valence-corrected chi connectivity index (χ1v) is 7.84. The summed E-state index contributed by atoms with van der Waals surface area (Å²) in [5.41, 5.74) is 2.45. The standard InChI is InChI=1S/C15H17N3O7/c1-22-14(21)24-8-23-12-9(19)2-5-18-11(12)13(20)17-7-15(3-4-15)25-6-10(17)16-18/h2,5,10,16H,3-4,6-8H2,1H3/t10-/m0/s1. The average Bonchev–Trinajstić information content (AvgIpc) is 3.36. The van der Waals surface area contributed by atoms with Crippen LogP contribution in [0, 0.1) is 0 Å². The zero-order chi connectivity index (χ0) is 17.6. The van der Waals surface area contributed by atoms with Crippen molar-refractivity contribution in [3.8, 4) is 5.75 Å². The van der Waals surface area contributed by atoms with Crippen molar-refractivity contribution >= 4 is 12.1 Å². The maximum atomic E-state index is 13.0. The molecule has 1 saturated carbocycles. The van der Waals surface area contributed by atoms with E-state index in [0.717, 1.165) is 20.0 Å². The van der Waals surface area contributed by atoms with Crippen molar-refractivity contribution < 1.29 is 28.5 Å². The van der Waals surface area contributed by atoms with Crippen LogP contribution in [0.5, 0.6) is 5.75 Å². The lowest BCUT2D eigenvalue weighted by molar-refractivity contribution is -0.0666. The van der Waals surface area contributed by atoms with Crippen molar-refractivity contribution in [1.29, 1.82) is 0 Å². The molecule has 1 amide bonds. The van der Waals surface area contributed by atoms with Gasteiger partial charge in [0.2, 0.25) is 18.0 Å². The van der Waals surface area contributed by atoms with Crippen LogP contribution in [0.4, 0.5) is 4.79 Å². The molecular weight excluding hydrogens is 334 g/mol. The van der Waals surface area contributed by atoms with E-state index in [2.05, 4.69) is 14.9 Å². The van der Waals surface area contributed by atoms with Crippen LogP contribution >= 0.6 is 0 Å². The minimum atomic E-state index is -0.946. The van der Waals surface area contributed by atoms with E-state index < -0.39 is 18.4 Å². The second-order valence-electron chi connectivity index (χ2n) is 6.16. The number of nitrogens with zero attached hydrogens (tertiary/aromatic N) is 2. The van der Waals surface area contributed by atoms with Crippen molar-refractivity contribution in [3.05, 3.63) is 28.2 Å². The SMILES string of the molecule is COC(=O)OCOc1c2n(ccc1=O)N[C@@H]1COC3(CC3)CN1C2=O. The van der Waals surface area contributed by atoms with Crippen molar-refractivity contribution in [2.45, 2.75) is 24.6 Å². The third kappa shape index (κ3) is 2.68. The Morgan fingerprint density at radius 3 is 2.96 bits per heavy atom. The quantitative estimate of drug-likeness (QED) is 0.592. The zero-order valence-electron chi connectivity index (χ0n) is 13.5. The van der Waals surface area contributed by atoms with E-state index in [1.54, 1.807) is 4.90 Å². The van der Waals surface area contributed by atoms with Crippen LogP contribution in [0.2, 0.25) is 0 Å². The highest BCUT2D eigenvalue weighted by Crippen LogP contribution is 2.43. The first-order valence-electron chi connectivity index (χ1n) is 7.84. The zero-order valence-corrected chi connectivity index (χ0v) is 13.5. The topological polar surface area (TPSA) is 108 Å². The molecule has 1 aliphatic carbocycles. The molecule has 2 aliphatic heterocycles. The number of aromatic nitrogens is 1. The number of ether oxygens (including phenoxy) is 4. The van der Waals surface area contributed by atoms with Gasteiger partial charge >= 0.3 is 6.16 Å². The summed E-state index contributed by atoms with van der Waals surface area (Å²) in [4.78, 5) is 37.7. The lowest BCUT2D eigenvalue weighted by atomic mass is 10.1. The highest BCUT2D eigenvalue weighted by molar-refractivity contribution is 5.96. The van der Waals surface area contributed by atoms with Crippen LogP contribution in [0.3, 0.4) is 0 Å². The number of amides is 1. The fraction of sp³-hybridized carbons (Fsp3) is 0.533. The number of pyridine rings is 1. The molecule has 1 N–H and O–H groups in total. The fourth-order valence-electron chi connectivity index (χ4n) is 3.03. The molecule has 1 spiro atoms. The monoisotopic (exact) mass is 351 g/mol. The summed E-state index contributed by atoms with van der Waals surface area (Å²) in [7, 11) is 1.15. The Hall–Kier alpha value is -2.75. The van der Waals surface area contributed by atoms with Gasteiger partial charge in [0.05, 0.1) is 25.9 Å². The van der Waals surface area contributed by atoms with Gasteiger partial charge in [0, 0.05) is 12.3 Å². The lowest BCUT2D eigenvalue weighted by Crippen LogP contribution is -2.62. The highest BCUT2D eigenvalue weighted by Gasteiger charge is 2.52. The molecule has 134 valence electrons. The van der Waals surface area contributed by atoms with Gasteiger partial charge < -0.3 is 29.3 Å². The predicted molar refractivity (Wildman–Crippen MR) is 81.8 cm³/mol. The molecule has 0 unspecified atom stereocenters. The Morgan fingerprint density at radius 1 is 1.44 bits per heavy atom. The van der Waals surface area contributed by atoms with Crippen LogP contribution in [-0.2, 0) is 14.2 Å². The molecule has 3 aliphatic rings. The number of morpholine rings is 1. The summed E-state index contributed by atoms with van der Waals surface area (Å²) >= 11 is 0. The molecule has 10 nitrogen and oxygen atoms in total. The van der Waals surface area contributed by atoms with E-state index in [0.29, 0.717) is 13.2 Å². The Kier molecular flexibility index (Phi) is 3.57. The second kappa shape index (κ2) is 5.66. The second-order valence-corrected chi connectivity index (χ2v) is 6.16. The van der Waals surface area contributed by atoms with Gasteiger partial charge in [-0.2, -0.15) is 0 Å². The van der Waals surface area contributed by atoms with Gasteiger partial charge in [0.1, 0.15) is 6.17 Å². The molecule has 1 aromatic rings. The number of fused-ring (bicyclic) bond motifs is 2. The smallest absolute Gasteiger partial charge is 0.451 e. The molecule has 4 rings (SSSR count). The molecule has 2 fully saturated rings. The van der Waals surface area contributed by atoms with Crippen molar-refractivity contribution in [2.75, 3.05) is 32.5 Å². The average molecular weight is 351 g/mol. The summed E-state index contributed by atoms with van der Waals surface area (Å²) < 4.78 is 21.5. The van der Waals surface area contributed by atoms with Crippen LogP contribution in [-0.4, -0.2) is 60.5 Å². The molecule has 25 heavy (non-hydrogen) atoms. The van der Waals surface area contributed by atoms with Gasteiger partial charge in [-0.05, 0) is 12.8 Å². The van der Waals surface area contributed by atoms with Crippen LogP contribution < -0.4 is 15.6 Å². The highest BCUT2D eigenvalue weighted by atomic mass is 16.8. The summed E-state index contributed by atoms with van der Waals surface area (Å²) in [6, 6.07) is 1.26. The number of nitrogens with one attached hydrogen (secondary N) is 1. The van der Waals surface area contributed by atoms with Gasteiger partial charge in [0.25, 0.3) is 5.91 Å². The number of methoxy groups -OCH3 is 1. The predicted octanol–water partition coefficient (Wildman–Crippen LogP) is -0.144. The first-order chi connectivity index (χ1) is 12.0. The molecule has 1 saturated heterocycles. The lowest BCUT2D eigenvalue weighted by Gasteiger charge is -2.44. The normalized spacial score (nSPS) is 22.5. The van der Waals surface area contributed by atoms with Crippen molar-refractivity contribution in [1.82, 2.24) is 9.58 Å². The Morgan fingerprint density at radius 2 is 2.24 bits per heavy atom. The minimum absolute atomic E-state index is 0.0647. The fourth-order valence-corrected chi connectivity index (χ4v) is 3.03. The number of hydrogen-bond acceptors (Lipinski definition) is 8. The first kappa shape index (κ1) is 15.8. The maximum Gasteiger partial charge on any atom is 0.510 e. The van der Waals surface area contributed by atoms with Gasteiger partial charge in [0.15, 0.2) is 5.69 Å². The molecule has 0 aromatic carbocycles. The molecule has 1 atom stereocenters. The van der Waals surface area contributed by atoms with Crippen molar-refractivity contribution in [3.63, 3.8) is 0 Å². The summed E-state index contributed by atoms with van der Waals surface area (Å²) in [6.07, 6.45) is 2.04. The van der Waals surface area contributed by atoms with Gasteiger partial charge in [-0.15, -0.1) is 0 Å². The van der Waals surface area contributed by atoms with Crippen molar-refractivity contribution in [2.24, 2.45) is 0 Å². The molecule has 0 bridgehead atoms. The third-order valence-electron chi connectivity index (χ3n) is 4.54. The van der Waals surface area contributed by atoms with Crippen LogP contribution in [0.15, 0.2) is 17.1 Å². The third-order valence-corrected chi connectivity index (χ3v) is 4.54. The summed E-state index contributed by atoms with van der Waals surface area (Å²) in [5, 5.41) is 0. The van der Waals surface area contributed by atoms with Crippen LogP contribution in [0.1, 0.15) is 23.3 Å². The van der Waals surface area contributed by atoms with E-state index in [1.165, 1.54) is 16.9 Å². The van der Waals surface area contributed by atoms with E-state index in [9.17, 15) is 14.4 Å². The van der Waals surface area contributed by atoms with Gasteiger partial charge in [-0.1, -0.05) is 0 Å². The van der Waals surface area contributed by atoms with E-state index in [4.69, 9.17) is 9.47 Å². The van der Waals surface area contributed by atoms with E-state index in [-0.39, 0.29) is 29.1 Å². The maximum absolute atomic E-state index is 13.0. The van der Waals surface area contributed by atoms with E-state index >= 15 is 0 Å². The van der Waals surface area contributed by atoms with Gasteiger partial charge in [-0.25, -0.2) is 4.79 Å². The molecule has 0 radical (unpaired) electrons. The molecule has 1 aromatic heterocycles.